The third-order valence-corrected chi connectivity index (χ3v) is 7.63. The number of nitrogens with zero attached hydrogens (tertiary/aromatic N) is 4. The van der Waals surface area contributed by atoms with Crippen LogP contribution >= 0.6 is 0 Å². The molecule has 0 spiro atoms. The van der Waals surface area contributed by atoms with Crippen molar-refractivity contribution < 1.29 is 36.2 Å². The average Bonchev–Trinajstić information content (AvgIpc) is 3.03. The summed E-state index contributed by atoms with van der Waals surface area (Å²) in [6.07, 6.45) is 1.47. The second kappa shape index (κ2) is 14.2. The Hall–Kier alpha value is -6.47. The summed E-state index contributed by atoms with van der Waals surface area (Å²) in [6, 6.07) is 11.3. The molecule has 3 aromatic carbocycles. The third kappa shape index (κ3) is 8.58. The first kappa shape index (κ1) is 37.4. The van der Waals surface area contributed by atoms with Gasteiger partial charge in [0.1, 0.15) is 5.69 Å². The van der Waals surface area contributed by atoms with E-state index in [1.165, 1.54) is 0 Å². The van der Waals surface area contributed by atoms with E-state index in [4.69, 9.17) is 0 Å². The maximum atomic E-state index is 13.5. The zero-order chi connectivity index (χ0) is 38.0. The van der Waals surface area contributed by atoms with Crippen LogP contribution in [0.4, 0.5) is 21.5 Å². The molecule has 22 nitrogen and oxygen atoms in total. The van der Waals surface area contributed by atoms with Crippen molar-refractivity contribution in [2.75, 3.05) is 34.1 Å². The summed E-state index contributed by atoms with van der Waals surface area (Å²) in [4.78, 5) is 76.4. The van der Waals surface area contributed by atoms with Crippen molar-refractivity contribution in [1.29, 1.82) is 0 Å². The summed E-state index contributed by atoms with van der Waals surface area (Å²) in [5.74, 6) is -1.29. The molecular formula is C26H24FN9O13S2. The number of aliphatic hydroxyl groups excluding tert-OH is 1. The monoisotopic (exact) mass is 753 g/mol. The summed E-state index contributed by atoms with van der Waals surface area (Å²) in [5.41, 5.74) is -5.70. The van der Waals surface area contributed by atoms with Crippen LogP contribution in [0.3, 0.4) is 0 Å². The minimum atomic E-state index is -3.95. The van der Waals surface area contributed by atoms with Crippen molar-refractivity contribution in [1.82, 2.24) is 19.3 Å². The van der Waals surface area contributed by atoms with Crippen LogP contribution in [0.2, 0.25) is 0 Å². The fourth-order valence-corrected chi connectivity index (χ4v) is 5.48. The van der Waals surface area contributed by atoms with Gasteiger partial charge in [0.15, 0.2) is 0 Å². The van der Waals surface area contributed by atoms with E-state index in [1.54, 1.807) is 40.0 Å². The van der Waals surface area contributed by atoms with Crippen molar-refractivity contribution in [2.45, 2.75) is 6.04 Å². The van der Waals surface area contributed by atoms with E-state index >= 15 is 0 Å². The van der Waals surface area contributed by atoms with Gasteiger partial charge in [0, 0.05) is 12.1 Å². The lowest BCUT2D eigenvalue weighted by atomic mass is 10.1. The number of aromatic nitrogens is 4. The summed E-state index contributed by atoms with van der Waals surface area (Å²) >= 11 is 0. The van der Waals surface area contributed by atoms with Gasteiger partial charge in [-0.1, -0.05) is 30.3 Å². The minimum absolute atomic E-state index is 0.0922. The number of H-pyrrole nitrogens is 2. The maximum Gasteiger partial charge on any atom is 0.348 e. The first-order valence-corrected chi connectivity index (χ1v) is 17.5. The molecule has 0 aliphatic rings. The molecule has 0 amide bonds. The number of benzene rings is 3. The average molecular weight is 754 g/mol. The van der Waals surface area contributed by atoms with Crippen LogP contribution in [-0.4, -0.2) is 70.2 Å². The number of hydrogen-bond acceptors (Lipinski definition) is 14. The Kier molecular flexibility index (Phi) is 10.4. The first-order valence-electron chi connectivity index (χ1n) is 13.7. The van der Waals surface area contributed by atoms with Gasteiger partial charge in [-0.2, -0.15) is 13.7 Å². The molecule has 1 atom stereocenters. The van der Waals surface area contributed by atoms with Gasteiger partial charge in [-0.05, 0) is 17.7 Å². The van der Waals surface area contributed by atoms with Gasteiger partial charge in [0.25, 0.3) is 16.8 Å². The fraction of sp³-hybridized carbons (Fsp3) is 0.154. The van der Waals surface area contributed by atoms with Crippen LogP contribution in [0.25, 0.3) is 21.8 Å². The largest absolute Gasteiger partial charge is 0.394 e. The molecule has 6 N–H and O–H groups in total. The van der Waals surface area contributed by atoms with Crippen molar-refractivity contribution in [3.8, 4) is 0 Å². The summed E-state index contributed by atoms with van der Waals surface area (Å²) in [6.45, 7) is -0.398. The predicted molar refractivity (Wildman–Crippen MR) is 179 cm³/mol. The lowest BCUT2D eigenvalue weighted by Crippen LogP contribution is -2.43. The second-order valence-corrected chi connectivity index (χ2v) is 13.9. The third-order valence-electron chi connectivity index (χ3n) is 6.60. The molecule has 2 heterocycles. The SMILES string of the molecule is CS(=O)(=O)Nn1c(=O)[nH]c2cc([N+](=O)[O-])c(F)cc2c1=O.CS(=O)(=O)Nn1c(=O)[nH]c2cc([N+](=O)[O-])c(N[C@H](CO)c3ccccc3)cc2c1=O. The molecule has 0 fully saturated rings. The molecule has 25 heteroatoms. The molecule has 0 aliphatic heterocycles. The Bertz CT molecular complexity index is 2680. The number of anilines is 1. The van der Waals surface area contributed by atoms with Crippen LogP contribution in [0, 0.1) is 26.0 Å². The number of fused-ring (bicyclic) bond motifs is 2. The van der Waals surface area contributed by atoms with Gasteiger partial charge in [0.05, 0.1) is 56.8 Å². The summed E-state index contributed by atoms with van der Waals surface area (Å²) < 4.78 is 58.9. The highest BCUT2D eigenvalue weighted by Gasteiger charge is 2.23. The Morgan fingerprint density at radius 3 is 1.67 bits per heavy atom. The number of nitro groups is 2. The normalized spacial score (nSPS) is 12.1. The first-order chi connectivity index (χ1) is 23.7. The van der Waals surface area contributed by atoms with E-state index in [9.17, 15) is 65.7 Å². The minimum Gasteiger partial charge on any atom is -0.394 e. The molecule has 0 bridgehead atoms. The van der Waals surface area contributed by atoms with Crippen molar-refractivity contribution in [3.63, 3.8) is 0 Å². The lowest BCUT2D eigenvalue weighted by Gasteiger charge is -2.18. The van der Waals surface area contributed by atoms with Crippen LogP contribution in [0.15, 0.2) is 73.8 Å². The van der Waals surface area contributed by atoms with Gasteiger partial charge in [-0.3, -0.25) is 29.8 Å². The van der Waals surface area contributed by atoms with Crippen molar-refractivity contribution in [3.05, 3.63) is 128 Å². The Morgan fingerprint density at radius 1 is 0.784 bits per heavy atom. The quantitative estimate of drug-likeness (QED) is 0.0773. The smallest absolute Gasteiger partial charge is 0.348 e. The highest BCUT2D eigenvalue weighted by atomic mass is 32.2. The van der Waals surface area contributed by atoms with Crippen molar-refractivity contribution in [2.24, 2.45) is 0 Å². The van der Waals surface area contributed by atoms with Crippen LogP contribution < -0.4 is 37.5 Å². The molecule has 0 saturated heterocycles. The Labute approximate surface area is 282 Å². The molecule has 270 valence electrons. The topological polar surface area (TPSA) is 321 Å². The Balaban J connectivity index is 0.000000244. The van der Waals surface area contributed by atoms with Crippen LogP contribution in [0.5, 0.6) is 0 Å². The van der Waals surface area contributed by atoms with E-state index < -0.39 is 87.6 Å². The summed E-state index contributed by atoms with van der Waals surface area (Å²) in [5, 5.41) is 34.1. The zero-order valence-electron chi connectivity index (χ0n) is 25.8. The lowest BCUT2D eigenvalue weighted by molar-refractivity contribution is -0.387. The van der Waals surface area contributed by atoms with Gasteiger partial charge in [-0.15, -0.1) is 0 Å². The van der Waals surface area contributed by atoms with Gasteiger partial charge < -0.3 is 20.4 Å². The molecule has 2 aromatic heterocycles. The van der Waals surface area contributed by atoms with E-state index in [0.29, 0.717) is 24.0 Å². The van der Waals surface area contributed by atoms with E-state index in [-0.39, 0.29) is 31.5 Å². The van der Waals surface area contributed by atoms with E-state index in [2.05, 4.69) is 15.3 Å². The van der Waals surface area contributed by atoms with Crippen molar-refractivity contribution >= 4 is 58.9 Å². The number of rotatable bonds is 10. The number of sulfonamides is 2. The van der Waals surface area contributed by atoms with Crippen LogP contribution in [-0.2, 0) is 20.0 Å². The highest BCUT2D eigenvalue weighted by molar-refractivity contribution is 7.91. The zero-order valence-corrected chi connectivity index (χ0v) is 27.4. The van der Waals surface area contributed by atoms with E-state index in [0.717, 1.165) is 18.4 Å². The molecule has 0 aliphatic carbocycles. The predicted octanol–water partition coefficient (Wildman–Crippen LogP) is -0.513. The maximum absolute atomic E-state index is 13.5. The molecule has 51 heavy (non-hydrogen) atoms. The number of hydrogen-bond donors (Lipinski definition) is 6. The van der Waals surface area contributed by atoms with Crippen LogP contribution in [0.1, 0.15) is 11.6 Å². The molecule has 0 unspecified atom stereocenters. The number of nitro benzene ring substituents is 2. The van der Waals surface area contributed by atoms with Gasteiger partial charge in [0.2, 0.25) is 25.9 Å². The molecular weight excluding hydrogens is 729 g/mol. The van der Waals surface area contributed by atoms with E-state index in [1.807, 2.05) is 0 Å². The number of halogens is 1. The second-order valence-electron chi connectivity index (χ2n) is 10.4. The number of aliphatic hydroxyl groups is 1. The fourth-order valence-electron chi connectivity index (χ4n) is 4.49. The van der Waals surface area contributed by atoms with Gasteiger partial charge >= 0.3 is 17.1 Å². The number of aromatic amines is 2. The molecule has 0 radical (unpaired) electrons. The summed E-state index contributed by atoms with van der Waals surface area (Å²) in [7, 11) is -7.88. The van der Waals surface area contributed by atoms with Gasteiger partial charge in [-0.25, -0.2) is 36.1 Å². The standard InChI is InChI=1S/C17H17N5O7S.C9H7FN4O6S/c1-30(28,29)20-21-16(24)11-7-13(15(22(26)27)8-12(11)19-17(21)25)18-14(9-23)10-5-3-2-4-6-10;1-21(19,20)12-13-8(15)4-2-5(10)7(14(17)18)3-6(4)11-9(13)16/h2-8,14,18,20,23H,9H2,1H3,(H,19,25);2-3,12H,1H3,(H,11,16)/t14-;/m1./s1. The molecule has 5 rings (SSSR count). The Morgan fingerprint density at radius 2 is 1.24 bits per heavy atom. The highest BCUT2D eigenvalue weighted by Crippen LogP contribution is 2.31. The molecule has 5 aromatic rings. The number of nitrogens with one attached hydrogen (secondary N) is 5. The molecule has 0 saturated carbocycles.